The van der Waals surface area contributed by atoms with Gasteiger partial charge in [-0.25, -0.2) is 0 Å². The van der Waals surface area contributed by atoms with Crippen molar-refractivity contribution in [3.8, 4) is 10.8 Å². The minimum atomic E-state index is -0.117. The topological polar surface area (TPSA) is 80.9 Å². The second-order valence-corrected chi connectivity index (χ2v) is 6.35. The summed E-state index contributed by atoms with van der Waals surface area (Å²) < 4.78 is 5.59. The van der Waals surface area contributed by atoms with Crippen LogP contribution in [0.15, 0.2) is 58.5 Å². The molecule has 0 radical (unpaired) electrons. The van der Waals surface area contributed by atoms with Crippen molar-refractivity contribution in [3.05, 3.63) is 59.9 Å². The first-order valence-corrected chi connectivity index (χ1v) is 8.67. The molecule has 4 aromatic rings. The summed E-state index contributed by atoms with van der Waals surface area (Å²) in [5.41, 5.74) is 1.48. The highest BCUT2D eigenvalue weighted by Crippen LogP contribution is 2.24. The van der Waals surface area contributed by atoms with Crippen LogP contribution in [0.5, 0.6) is 0 Å². The van der Waals surface area contributed by atoms with E-state index in [1.54, 1.807) is 6.20 Å². The van der Waals surface area contributed by atoms with E-state index >= 15 is 0 Å². The van der Waals surface area contributed by atoms with E-state index in [2.05, 4.69) is 20.5 Å². The lowest BCUT2D eigenvalue weighted by Gasteiger charge is -2.07. The van der Waals surface area contributed by atoms with Crippen LogP contribution >= 0.6 is 11.3 Å². The standard InChI is InChI=1S/C18H14N4O2S/c23-15(20-13-6-1-4-12-5-2-10-19-17(12)13)8-9-16-21-22-18(24-16)14-7-3-11-25-14/h1-7,10-11H,8-9H2,(H,20,23). The van der Waals surface area contributed by atoms with Crippen LogP contribution in [-0.4, -0.2) is 21.1 Å². The smallest absolute Gasteiger partial charge is 0.257 e. The fourth-order valence-electron chi connectivity index (χ4n) is 2.49. The van der Waals surface area contributed by atoms with Crippen molar-refractivity contribution in [1.29, 1.82) is 0 Å². The van der Waals surface area contributed by atoms with Crippen LogP contribution in [0.4, 0.5) is 5.69 Å². The number of nitrogens with one attached hydrogen (secondary N) is 1. The Balaban J connectivity index is 1.41. The average molecular weight is 350 g/mol. The molecule has 124 valence electrons. The first-order chi connectivity index (χ1) is 12.3. The van der Waals surface area contributed by atoms with E-state index in [9.17, 15) is 4.79 Å². The summed E-state index contributed by atoms with van der Waals surface area (Å²) in [6, 6.07) is 13.4. The fourth-order valence-corrected chi connectivity index (χ4v) is 3.14. The molecule has 0 bridgehead atoms. The number of fused-ring (bicyclic) bond motifs is 1. The number of aryl methyl sites for hydroxylation is 1. The molecule has 0 saturated heterocycles. The minimum absolute atomic E-state index is 0.117. The Morgan fingerprint density at radius 1 is 1.12 bits per heavy atom. The van der Waals surface area contributed by atoms with Crippen LogP contribution in [-0.2, 0) is 11.2 Å². The number of thiophene rings is 1. The van der Waals surface area contributed by atoms with Gasteiger partial charge in [-0.1, -0.05) is 24.3 Å². The van der Waals surface area contributed by atoms with E-state index in [4.69, 9.17) is 4.42 Å². The molecule has 1 aromatic carbocycles. The highest BCUT2D eigenvalue weighted by Gasteiger charge is 2.12. The number of amides is 1. The summed E-state index contributed by atoms with van der Waals surface area (Å²) in [6.07, 6.45) is 2.36. The molecule has 3 heterocycles. The van der Waals surface area contributed by atoms with Crippen molar-refractivity contribution in [2.24, 2.45) is 0 Å². The summed E-state index contributed by atoms with van der Waals surface area (Å²) in [5, 5.41) is 13.8. The zero-order valence-electron chi connectivity index (χ0n) is 13.2. The van der Waals surface area contributed by atoms with Crippen LogP contribution in [0.1, 0.15) is 12.3 Å². The van der Waals surface area contributed by atoms with Crippen LogP contribution in [0.2, 0.25) is 0 Å². The zero-order valence-corrected chi connectivity index (χ0v) is 14.0. The van der Waals surface area contributed by atoms with Gasteiger partial charge in [-0.05, 0) is 23.6 Å². The number of carbonyl (C=O) groups excluding carboxylic acids is 1. The van der Waals surface area contributed by atoms with Crippen LogP contribution in [0.3, 0.4) is 0 Å². The lowest BCUT2D eigenvalue weighted by atomic mass is 10.2. The quantitative estimate of drug-likeness (QED) is 0.590. The first-order valence-electron chi connectivity index (χ1n) is 7.79. The molecule has 0 spiro atoms. The summed E-state index contributed by atoms with van der Waals surface area (Å²) in [7, 11) is 0. The van der Waals surface area contributed by atoms with Crippen molar-refractivity contribution < 1.29 is 9.21 Å². The number of hydrogen-bond acceptors (Lipinski definition) is 6. The molecule has 7 heteroatoms. The van der Waals surface area contributed by atoms with Gasteiger partial charge in [0, 0.05) is 24.4 Å². The van der Waals surface area contributed by atoms with Crippen molar-refractivity contribution in [3.63, 3.8) is 0 Å². The average Bonchev–Trinajstić information content (AvgIpc) is 3.32. The van der Waals surface area contributed by atoms with E-state index in [1.165, 1.54) is 11.3 Å². The number of rotatable bonds is 5. The molecule has 0 aliphatic rings. The number of aromatic nitrogens is 3. The maximum absolute atomic E-state index is 12.2. The summed E-state index contributed by atoms with van der Waals surface area (Å²) in [4.78, 5) is 17.5. The number of nitrogens with zero attached hydrogens (tertiary/aromatic N) is 3. The van der Waals surface area contributed by atoms with Gasteiger partial charge in [0.15, 0.2) is 0 Å². The molecule has 4 rings (SSSR count). The van der Waals surface area contributed by atoms with E-state index in [1.807, 2.05) is 47.8 Å². The van der Waals surface area contributed by atoms with Crippen molar-refractivity contribution in [2.75, 3.05) is 5.32 Å². The highest BCUT2D eigenvalue weighted by molar-refractivity contribution is 7.13. The normalized spacial score (nSPS) is 10.9. The molecule has 0 aliphatic carbocycles. The molecule has 0 fully saturated rings. The molecule has 25 heavy (non-hydrogen) atoms. The van der Waals surface area contributed by atoms with Crippen molar-refractivity contribution in [2.45, 2.75) is 12.8 Å². The van der Waals surface area contributed by atoms with Crippen molar-refractivity contribution >= 4 is 33.8 Å². The molecule has 0 aliphatic heterocycles. The number of para-hydroxylation sites is 1. The number of benzene rings is 1. The number of hydrogen-bond donors (Lipinski definition) is 1. The largest absolute Gasteiger partial charge is 0.420 e. The van der Waals surface area contributed by atoms with Gasteiger partial charge in [0.05, 0.1) is 16.1 Å². The molecule has 3 aromatic heterocycles. The summed E-state index contributed by atoms with van der Waals surface area (Å²) >= 11 is 1.53. The van der Waals surface area contributed by atoms with Gasteiger partial charge in [0.25, 0.3) is 5.89 Å². The highest BCUT2D eigenvalue weighted by atomic mass is 32.1. The number of anilines is 1. The van der Waals surface area contributed by atoms with Gasteiger partial charge in [0.1, 0.15) is 0 Å². The van der Waals surface area contributed by atoms with Gasteiger partial charge >= 0.3 is 0 Å². The van der Waals surface area contributed by atoms with Gasteiger partial charge in [-0.3, -0.25) is 9.78 Å². The third-order valence-corrected chi connectivity index (χ3v) is 4.53. The molecule has 0 saturated carbocycles. The Morgan fingerprint density at radius 2 is 2.04 bits per heavy atom. The Hall–Kier alpha value is -3.06. The van der Waals surface area contributed by atoms with Gasteiger partial charge in [-0.2, -0.15) is 0 Å². The molecule has 1 N–H and O–H groups in total. The molecule has 1 amide bonds. The molecule has 0 unspecified atom stereocenters. The summed E-state index contributed by atoms with van der Waals surface area (Å²) in [5.74, 6) is 0.826. The van der Waals surface area contributed by atoms with E-state index < -0.39 is 0 Å². The number of carbonyl (C=O) groups is 1. The van der Waals surface area contributed by atoms with Crippen LogP contribution in [0, 0.1) is 0 Å². The van der Waals surface area contributed by atoms with E-state index in [0.717, 1.165) is 15.8 Å². The van der Waals surface area contributed by atoms with E-state index in [0.29, 0.717) is 23.9 Å². The maximum atomic E-state index is 12.2. The van der Waals surface area contributed by atoms with E-state index in [-0.39, 0.29) is 12.3 Å². The first kappa shape index (κ1) is 15.5. The predicted octanol–water partition coefficient (Wildman–Crippen LogP) is 3.92. The maximum Gasteiger partial charge on any atom is 0.257 e. The Bertz CT molecular complexity index is 1010. The minimum Gasteiger partial charge on any atom is -0.420 e. The second-order valence-electron chi connectivity index (χ2n) is 5.41. The SMILES string of the molecule is O=C(CCc1nnc(-c2cccs2)o1)Nc1cccc2cccnc12. The Kier molecular flexibility index (Phi) is 4.22. The fraction of sp³-hybridized carbons (Fsp3) is 0.111. The third kappa shape index (κ3) is 3.41. The monoisotopic (exact) mass is 350 g/mol. The second kappa shape index (κ2) is 6.82. The van der Waals surface area contributed by atoms with Crippen LogP contribution in [0.25, 0.3) is 21.7 Å². The van der Waals surface area contributed by atoms with Gasteiger partial charge in [0.2, 0.25) is 11.8 Å². The number of pyridine rings is 1. The Morgan fingerprint density at radius 3 is 2.92 bits per heavy atom. The predicted molar refractivity (Wildman–Crippen MR) is 96.3 cm³/mol. The van der Waals surface area contributed by atoms with Crippen LogP contribution < -0.4 is 5.32 Å². The lowest BCUT2D eigenvalue weighted by Crippen LogP contribution is -2.13. The Labute approximate surface area is 147 Å². The molecule has 6 nitrogen and oxygen atoms in total. The van der Waals surface area contributed by atoms with Crippen molar-refractivity contribution in [1.82, 2.24) is 15.2 Å². The molecular weight excluding hydrogens is 336 g/mol. The zero-order chi connectivity index (χ0) is 17.1. The summed E-state index contributed by atoms with van der Waals surface area (Å²) in [6.45, 7) is 0. The molecule has 0 atom stereocenters. The lowest BCUT2D eigenvalue weighted by molar-refractivity contribution is -0.116. The molecular formula is C18H14N4O2S. The third-order valence-electron chi connectivity index (χ3n) is 3.67. The van der Waals surface area contributed by atoms with Gasteiger partial charge < -0.3 is 9.73 Å². The van der Waals surface area contributed by atoms with Gasteiger partial charge in [-0.15, -0.1) is 21.5 Å².